The van der Waals surface area contributed by atoms with Gasteiger partial charge in [-0.15, -0.1) is 0 Å². The molecule has 0 saturated heterocycles. The molecule has 1 aromatic carbocycles. The van der Waals surface area contributed by atoms with E-state index >= 15 is 0 Å². The van der Waals surface area contributed by atoms with E-state index in [9.17, 15) is 9.59 Å². The van der Waals surface area contributed by atoms with Crippen LogP contribution >= 0.6 is 0 Å². The molecule has 0 heterocycles. The lowest BCUT2D eigenvalue weighted by Gasteiger charge is -2.14. The lowest BCUT2D eigenvalue weighted by Crippen LogP contribution is -2.32. The van der Waals surface area contributed by atoms with E-state index in [4.69, 9.17) is 5.11 Å². The summed E-state index contributed by atoms with van der Waals surface area (Å²) in [5, 5.41) is 11.6. The van der Waals surface area contributed by atoms with Crippen LogP contribution in [0.5, 0.6) is 0 Å². The van der Waals surface area contributed by atoms with Gasteiger partial charge in [-0.25, -0.2) is 4.79 Å². The van der Waals surface area contributed by atoms with Crippen LogP contribution in [0.1, 0.15) is 48.2 Å². The molecule has 0 spiro atoms. The minimum atomic E-state index is -1.00. The predicted octanol–water partition coefficient (Wildman–Crippen LogP) is 3.01. The molecule has 0 fully saturated rings. The Kier molecular flexibility index (Phi) is 5.97. The Bertz CT molecular complexity index is 520. The van der Waals surface area contributed by atoms with E-state index in [2.05, 4.69) is 12.2 Å². The molecule has 0 saturated carbocycles. The van der Waals surface area contributed by atoms with Gasteiger partial charge in [0, 0.05) is 17.7 Å². The topological polar surface area (TPSA) is 66.4 Å². The summed E-state index contributed by atoms with van der Waals surface area (Å²) >= 11 is 0. The number of amides is 1. The minimum Gasteiger partial charge on any atom is -0.478 e. The van der Waals surface area contributed by atoms with Gasteiger partial charge in [0.05, 0.1) is 0 Å². The molecule has 108 valence electrons. The van der Waals surface area contributed by atoms with Gasteiger partial charge < -0.3 is 10.4 Å². The first kappa shape index (κ1) is 16.0. The van der Waals surface area contributed by atoms with E-state index in [1.807, 2.05) is 13.8 Å². The van der Waals surface area contributed by atoms with Crippen molar-refractivity contribution in [1.29, 1.82) is 0 Å². The molecule has 0 radical (unpaired) electrons. The zero-order chi connectivity index (χ0) is 15.1. The number of benzene rings is 1. The average molecular weight is 275 g/mol. The highest BCUT2D eigenvalue weighted by Gasteiger charge is 2.12. The van der Waals surface area contributed by atoms with Gasteiger partial charge in [-0.3, -0.25) is 4.79 Å². The van der Waals surface area contributed by atoms with Crippen molar-refractivity contribution in [2.45, 2.75) is 39.7 Å². The molecular weight excluding hydrogens is 254 g/mol. The summed E-state index contributed by atoms with van der Waals surface area (Å²) in [6.07, 6.45) is 4.53. The summed E-state index contributed by atoms with van der Waals surface area (Å²) in [5.74, 6) is -1.12. The Morgan fingerprint density at radius 2 is 2.10 bits per heavy atom. The minimum absolute atomic E-state index is 0.117. The smallest absolute Gasteiger partial charge is 0.328 e. The van der Waals surface area contributed by atoms with E-state index in [1.54, 1.807) is 18.2 Å². The van der Waals surface area contributed by atoms with Crippen molar-refractivity contribution in [3.05, 3.63) is 41.0 Å². The molecule has 1 amide bonds. The van der Waals surface area contributed by atoms with Gasteiger partial charge in [0.1, 0.15) is 0 Å². The van der Waals surface area contributed by atoms with E-state index in [-0.39, 0.29) is 11.9 Å². The third kappa shape index (κ3) is 4.53. The van der Waals surface area contributed by atoms with Crippen molar-refractivity contribution in [3.8, 4) is 0 Å². The zero-order valence-electron chi connectivity index (χ0n) is 12.1. The first-order chi connectivity index (χ1) is 9.45. The number of carbonyl (C=O) groups is 2. The largest absolute Gasteiger partial charge is 0.478 e. The fraction of sp³-hybridized carbons (Fsp3) is 0.375. The van der Waals surface area contributed by atoms with Crippen LogP contribution in [0.4, 0.5) is 0 Å². The van der Waals surface area contributed by atoms with E-state index in [1.165, 1.54) is 6.08 Å². The summed E-state index contributed by atoms with van der Waals surface area (Å²) in [5.41, 5.74) is 2.11. The maximum Gasteiger partial charge on any atom is 0.328 e. The number of carbonyl (C=O) groups excluding carboxylic acids is 1. The van der Waals surface area contributed by atoms with Crippen molar-refractivity contribution in [3.63, 3.8) is 0 Å². The standard InChI is InChI=1S/C16H21NO3/c1-4-6-11(2)17-16(20)14-8-5-7-13(12(14)3)9-10-15(18)19/h5,7-11H,4,6H2,1-3H3,(H,17,20)(H,18,19). The Morgan fingerprint density at radius 1 is 1.40 bits per heavy atom. The van der Waals surface area contributed by atoms with Crippen molar-refractivity contribution in [2.75, 3.05) is 0 Å². The van der Waals surface area contributed by atoms with Crippen LogP contribution in [0.2, 0.25) is 0 Å². The normalized spacial score (nSPS) is 12.3. The van der Waals surface area contributed by atoms with Crippen LogP contribution in [0, 0.1) is 6.92 Å². The van der Waals surface area contributed by atoms with Crippen molar-refractivity contribution < 1.29 is 14.7 Å². The van der Waals surface area contributed by atoms with Crippen LogP contribution in [-0.4, -0.2) is 23.0 Å². The lowest BCUT2D eigenvalue weighted by atomic mass is 10.0. The van der Waals surface area contributed by atoms with Crippen LogP contribution in [0.3, 0.4) is 0 Å². The highest BCUT2D eigenvalue weighted by atomic mass is 16.4. The van der Waals surface area contributed by atoms with Gasteiger partial charge in [0.2, 0.25) is 0 Å². The molecule has 0 aliphatic carbocycles. The molecule has 0 aromatic heterocycles. The molecular formula is C16H21NO3. The number of hydrogen-bond acceptors (Lipinski definition) is 2. The van der Waals surface area contributed by atoms with Gasteiger partial charge >= 0.3 is 5.97 Å². The molecule has 0 aliphatic rings. The van der Waals surface area contributed by atoms with Crippen LogP contribution in [-0.2, 0) is 4.79 Å². The molecule has 1 atom stereocenters. The summed E-state index contributed by atoms with van der Waals surface area (Å²) in [4.78, 5) is 22.7. The molecule has 4 heteroatoms. The fourth-order valence-corrected chi connectivity index (χ4v) is 2.05. The Balaban J connectivity index is 2.93. The Labute approximate surface area is 119 Å². The summed E-state index contributed by atoms with van der Waals surface area (Å²) in [7, 11) is 0. The van der Waals surface area contributed by atoms with E-state index in [0.717, 1.165) is 30.0 Å². The second-order valence-electron chi connectivity index (χ2n) is 4.85. The highest BCUT2D eigenvalue weighted by Crippen LogP contribution is 2.15. The van der Waals surface area contributed by atoms with Gasteiger partial charge in [-0.1, -0.05) is 25.5 Å². The van der Waals surface area contributed by atoms with Gasteiger partial charge in [0.25, 0.3) is 5.91 Å². The predicted molar refractivity (Wildman–Crippen MR) is 79.7 cm³/mol. The SMILES string of the molecule is CCCC(C)NC(=O)c1cccc(C=CC(=O)O)c1C. The van der Waals surface area contributed by atoms with E-state index in [0.29, 0.717) is 5.56 Å². The van der Waals surface area contributed by atoms with Gasteiger partial charge in [0.15, 0.2) is 0 Å². The van der Waals surface area contributed by atoms with Crippen molar-refractivity contribution >= 4 is 18.0 Å². The number of aliphatic carboxylic acids is 1. The number of rotatable bonds is 6. The Morgan fingerprint density at radius 3 is 2.70 bits per heavy atom. The average Bonchev–Trinajstić information content (AvgIpc) is 2.37. The summed E-state index contributed by atoms with van der Waals surface area (Å²) < 4.78 is 0. The first-order valence-electron chi connectivity index (χ1n) is 6.77. The van der Waals surface area contributed by atoms with Crippen LogP contribution in [0.15, 0.2) is 24.3 Å². The maximum atomic E-state index is 12.2. The lowest BCUT2D eigenvalue weighted by molar-refractivity contribution is -0.131. The fourth-order valence-electron chi connectivity index (χ4n) is 2.05. The molecule has 20 heavy (non-hydrogen) atoms. The molecule has 0 bridgehead atoms. The third-order valence-corrected chi connectivity index (χ3v) is 3.12. The third-order valence-electron chi connectivity index (χ3n) is 3.12. The number of carboxylic acids is 1. The zero-order valence-corrected chi connectivity index (χ0v) is 12.1. The number of hydrogen-bond donors (Lipinski definition) is 2. The Hall–Kier alpha value is -2.10. The molecule has 1 unspecified atom stereocenters. The molecule has 0 aliphatic heterocycles. The monoisotopic (exact) mass is 275 g/mol. The number of nitrogens with one attached hydrogen (secondary N) is 1. The van der Waals surface area contributed by atoms with Crippen LogP contribution < -0.4 is 5.32 Å². The second-order valence-corrected chi connectivity index (χ2v) is 4.85. The molecule has 4 nitrogen and oxygen atoms in total. The van der Waals surface area contributed by atoms with Gasteiger partial charge in [-0.05, 0) is 43.5 Å². The molecule has 1 aromatic rings. The molecule has 1 rings (SSSR count). The summed E-state index contributed by atoms with van der Waals surface area (Å²) in [6.45, 7) is 5.87. The quantitative estimate of drug-likeness (QED) is 0.784. The van der Waals surface area contributed by atoms with Gasteiger partial charge in [-0.2, -0.15) is 0 Å². The highest BCUT2D eigenvalue weighted by molar-refractivity contribution is 5.97. The second kappa shape index (κ2) is 7.48. The van der Waals surface area contributed by atoms with Crippen molar-refractivity contribution in [2.24, 2.45) is 0 Å². The van der Waals surface area contributed by atoms with E-state index < -0.39 is 5.97 Å². The molecule has 2 N–H and O–H groups in total. The van der Waals surface area contributed by atoms with Crippen LogP contribution in [0.25, 0.3) is 6.08 Å². The number of carboxylic acid groups (broad SMARTS) is 1. The van der Waals surface area contributed by atoms with Crippen molar-refractivity contribution in [1.82, 2.24) is 5.32 Å². The first-order valence-corrected chi connectivity index (χ1v) is 6.77. The maximum absolute atomic E-state index is 12.2. The summed E-state index contributed by atoms with van der Waals surface area (Å²) in [6, 6.07) is 5.43.